The van der Waals surface area contributed by atoms with E-state index in [9.17, 15) is 0 Å². The third kappa shape index (κ3) is 2.50. The van der Waals surface area contributed by atoms with Gasteiger partial charge in [0.05, 0.1) is 5.69 Å². The lowest BCUT2D eigenvalue weighted by Crippen LogP contribution is -2.17. The zero-order valence-corrected chi connectivity index (χ0v) is 11.5. The van der Waals surface area contributed by atoms with Crippen LogP contribution in [0.4, 0.5) is 5.82 Å². The van der Waals surface area contributed by atoms with Crippen LogP contribution in [0.5, 0.6) is 0 Å². The molecule has 0 aliphatic heterocycles. The summed E-state index contributed by atoms with van der Waals surface area (Å²) in [6.07, 6.45) is 1.91. The Morgan fingerprint density at radius 1 is 1.17 bits per heavy atom. The molecule has 2 heterocycles. The molecule has 0 aliphatic rings. The molecule has 0 saturated heterocycles. The van der Waals surface area contributed by atoms with Gasteiger partial charge in [0.25, 0.3) is 0 Å². The maximum absolute atomic E-state index is 4.61. The van der Waals surface area contributed by atoms with E-state index in [1.54, 1.807) is 4.68 Å². The van der Waals surface area contributed by atoms with E-state index in [4.69, 9.17) is 0 Å². The highest BCUT2D eigenvalue weighted by molar-refractivity contribution is 5.58. The van der Waals surface area contributed by atoms with E-state index in [1.807, 2.05) is 32.4 Å². The van der Waals surface area contributed by atoms with Crippen molar-refractivity contribution >= 4 is 5.82 Å². The highest BCUT2D eigenvalue weighted by Crippen LogP contribution is 2.24. The van der Waals surface area contributed by atoms with E-state index in [0.29, 0.717) is 0 Å². The standard InChI is InChI=1S/C13H19N5/c1-13(2,3)12-15-10(8-11(14-4)16-12)9-6-7-18(5)17-9/h6-8H,1-5H3,(H,14,15,16). The lowest BCUT2D eigenvalue weighted by Gasteiger charge is -2.18. The van der Waals surface area contributed by atoms with E-state index < -0.39 is 0 Å². The van der Waals surface area contributed by atoms with Crippen molar-refractivity contribution in [2.45, 2.75) is 26.2 Å². The van der Waals surface area contributed by atoms with E-state index in [0.717, 1.165) is 23.0 Å². The van der Waals surface area contributed by atoms with Crippen LogP contribution in [0.25, 0.3) is 11.4 Å². The van der Waals surface area contributed by atoms with Crippen LogP contribution in [0.3, 0.4) is 0 Å². The second-order valence-corrected chi connectivity index (χ2v) is 5.34. The maximum atomic E-state index is 4.61. The highest BCUT2D eigenvalue weighted by Gasteiger charge is 2.19. The molecular weight excluding hydrogens is 226 g/mol. The monoisotopic (exact) mass is 245 g/mol. The van der Waals surface area contributed by atoms with Crippen LogP contribution in [-0.2, 0) is 12.5 Å². The zero-order valence-electron chi connectivity index (χ0n) is 11.5. The van der Waals surface area contributed by atoms with Crippen molar-refractivity contribution in [1.29, 1.82) is 0 Å². The molecule has 5 nitrogen and oxygen atoms in total. The van der Waals surface area contributed by atoms with Crippen LogP contribution in [-0.4, -0.2) is 26.8 Å². The largest absolute Gasteiger partial charge is 0.373 e. The van der Waals surface area contributed by atoms with Gasteiger partial charge in [-0.05, 0) is 6.07 Å². The summed E-state index contributed by atoms with van der Waals surface area (Å²) in [5.41, 5.74) is 1.62. The molecule has 18 heavy (non-hydrogen) atoms. The van der Waals surface area contributed by atoms with Crippen molar-refractivity contribution in [3.05, 3.63) is 24.2 Å². The number of nitrogens with one attached hydrogen (secondary N) is 1. The highest BCUT2D eigenvalue weighted by atomic mass is 15.3. The SMILES string of the molecule is CNc1cc(-c2ccn(C)n2)nc(C(C)(C)C)n1. The Bertz CT molecular complexity index is 551. The first-order valence-electron chi connectivity index (χ1n) is 5.97. The van der Waals surface area contributed by atoms with Crippen molar-refractivity contribution in [2.24, 2.45) is 7.05 Å². The first kappa shape index (κ1) is 12.5. The van der Waals surface area contributed by atoms with Crippen molar-refractivity contribution in [2.75, 3.05) is 12.4 Å². The molecule has 0 amide bonds. The summed E-state index contributed by atoms with van der Waals surface area (Å²) in [6.45, 7) is 6.30. The van der Waals surface area contributed by atoms with Gasteiger partial charge < -0.3 is 5.32 Å². The van der Waals surface area contributed by atoms with Gasteiger partial charge in [0, 0.05) is 31.8 Å². The predicted octanol–water partition coefficient (Wildman–Crippen LogP) is 2.22. The van der Waals surface area contributed by atoms with Gasteiger partial charge in [-0.25, -0.2) is 9.97 Å². The minimum atomic E-state index is -0.0869. The third-order valence-corrected chi connectivity index (χ3v) is 2.63. The molecule has 2 aromatic heterocycles. The molecular formula is C13H19N5. The van der Waals surface area contributed by atoms with E-state index in [-0.39, 0.29) is 5.41 Å². The van der Waals surface area contributed by atoms with Crippen molar-refractivity contribution in [3.63, 3.8) is 0 Å². The lowest BCUT2D eigenvalue weighted by molar-refractivity contribution is 0.546. The smallest absolute Gasteiger partial charge is 0.136 e. The number of rotatable bonds is 2. The third-order valence-electron chi connectivity index (χ3n) is 2.63. The van der Waals surface area contributed by atoms with Gasteiger partial charge in [-0.2, -0.15) is 5.10 Å². The van der Waals surface area contributed by atoms with Gasteiger partial charge in [0.15, 0.2) is 0 Å². The number of anilines is 1. The summed E-state index contributed by atoms with van der Waals surface area (Å²) >= 11 is 0. The van der Waals surface area contributed by atoms with Crippen LogP contribution in [0.15, 0.2) is 18.3 Å². The van der Waals surface area contributed by atoms with Gasteiger partial charge >= 0.3 is 0 Å². The Hall–Kier alpha value is -1.91. The fourth-order valence-electron chi connectivity index (χ4n) is 1.59. The maximum Gasteiger partial charge on any atom is 0.136 e. The molecule has 0 aromatic carbocycles. The molecule has 2 rings (SSSR count). The molecule has 0 bridgehead atoms. The Balaban J connectivity index is 2.54. The minimum Gasteiger partial charge on any atom is -0.373 e. The molecule has 0 spiro atoms. The van der Waals surface area contributed by atoms with Gasteiger partial charge in [-0.15, -0.1) is 0 Å². The van der Waals surface area contributed by atoms with Crippen LogP contribution in [0.1, 0.15) is 26.6 Å². The van der Waals surface area contributed by atoms with Gasteiger partial charge in [0.1, 0.15) is 17.3 Å². The molecule has 0 unspecified atom stereocenters. The molecule has 0 atom stereocenters. The summed E-state index contributed by atoms with van der Waals surface area (Å²) in [5.74, 6) is 1.63. The molecule has 1 N–H and O–H groups in total. The molecule has 0 fully saturated rings. The van der Waals surface area contributed by atoms with Gasteiger partial charge in [-0.3, -0.25) is 4.68 Å². The quantitative estimate of drug-likeness (QED) is 0.881. The van der Waals surface area contributed by atoms with E-state index >= 15 is 0 Å². The fraction of sp³-hybridized carbons (Fsp3) is 0.462. The number of aromatic nitrogens is 4. The van der Waals surface area contributed by atoms with E-state index in [2.05, 4.69) is 41.2 Å². The average molecular weight is 245 g/mol. The number of hydrogen-bond acceptors (Lipinski definition) is 4. The Morgan fingerprint density at radius 2 is 1.89 bits per heavy atom. The van der Waals surface area contributed by atoms with Crippen LogP contribution >= 0.6 is 0 Å². The summed E-state index contributed by atoms with van der Waals surface area (Å²) < 4.78 is 1.77. The van der Waals surface area contributed by atoms with Crippen molar-refractivity contribution in [1.82, 2.24) is 19.7 Å². The first-order chi connectivity index (χ1) is 8.40. The van der Waals surface area contributed by atoms with Crippen molar-refractivity contribution in [3.8, 4) is 11.4 Å². The van der Waals surface area contributed by atoms with E-state index in [1.165, 1.54) is 0 Å². The summed E-state index contributed by atoms with van der Waals surface area (Å²) in [7, 11) is 3.76. The number of nitrogens with zero attached hydrogens (tertiary/aromatic N) is 4. The summed E-state index contributed by atoms with van der Waals surface area (Å²) in [4.78, 5) is 9.11. The Morgan fingerprint density at radius 3 is 2.39 bits per heavy atom. The molecule has 5 heteroatoms. The molecule has 96 valence electrons. The molecule has 0 radical (unpaired) electrons. The second kappa shape index (κ2) is 4.40. The number of aryl methyl sites for hydroxylation is 1. The summed E-state index contributed by atoms with van der Waals surface area (Å²) in [6, 6.07) is 3.87. The molecule has 2 aromatic rings. The number of hydrogen-bond donors (Lipinski definition) is 1. The van der Waals surface area contributed by atoms with Crippen molar-refractivity contribution < 1.29 is 0 Å². The summed E-state index contributed by atoms with van der Waals surface area (Å²) in [5, 5.41) is 7.45. The average Bonchev–Trinajstić information content (AvgIpc) is 2.74. The molecule has 0 saturated carbocycles. The normalized spacial score (nSPS) is 11.6. The van der Waals surface area contributed by atoms with Crippen LogP contribution in [0.2, 0.25) is 0 Å². The first-order valence-corrected chi connectivity index (χ1v) is 5.97. The Labute approximate surface area is 107 Å². The molecule has 0 aliphatic carbocycles. The minimum absolute atomic E-state index is 0.0869. The zero-order chi connectivity index (χ0) is 13.3. The fourth-order valence-corrected chi connectivity index (χ4v) is 1.59. The predicted molar refractivity (Wildman–Crippen MR) is 72.5 cm³/mol. The van der Waals surface area contributed by atoms with Gasteiger partial charge in [-0.1, -0.05) is 20.8 Å². The lowest BCUT2D eigenvalue weighted by atomic mass is 9.95. The topological polar surface area (TPSA) is 55.6 Å². The Kier molecular flexibility index (Phi) is 3.07. The van der Waals surface area contributed by atoms with Gasteiger partial charge in [0.2, 0.25) is 0 Å². The van der Waals surface area contributed by atoms with Crippen LogP contribution in [0, 0.1) is 0 Å². The second-order valence-electron chi connectivity index (χ2n) is 5.34. The van der Waals surface area contributed by atoms with Crippen LogP contribution < -0.4 is 5.32 Å².